The Bertz CT molecular complexity index is 645. The van der Waals surface area contributed by atoms with Crippen LogP contribution in [0.1, 0.15) is 12.5 Å². The molecule has 20 heavy (non-hydrogen) atoms. The van der Waals surface area contributed by atoms with Crippen LogP contribution in [0.4, 0.5) is 5.69 Å². The lowest BCUT2D eigenvalue weighted by atomic mass is 9.91. The van der Waals surface area contributed by atoms with E-state index in [4.69, 9.17) is 11.6 Å². The number of carbonyl (C=O) groups is 1. The van der Waals surface area contributed by atoms with Crippen molar-refractivity contribution in [3.8, 4) is 5.75 Å². The summed E-state index contributed by atoms with van der Waals surface area (Å²) in [7, 11) is 0. The average molecular weight is 292 g/mol. The van der Waals surface area contributed by atoms with E-state index in [9.17, 15) is 15.0 Å². The van der Waals surface area contributed by atoms with Gasteiger partial charge in [-0.3, -0.25) is 0 Å². The number of nitrogens with one attached hydrogen (secondary N) is 1. The molecule has 0 aliphatic heterocycles. The smallest absolute Gasteiger partial charge is 0.333 e. The highest BCUT2D eigenvalue weighted by atomic mass is 35.5. The zero-order valence-electron chi connectivity index (χ0n) is 10.8. The summed E-state index contributed by atoms with van der Waals surface area (Å²) in [6, 6.07) is 13.0. The van der Waals surface area contributed by atoms with E-state index < -0.39 is 11.5 Å². The van der Waals surface area contributed by atoms with Gasteiger partial charge in [-0.25, -0.2) is 4.79 Å². The predicted molar refractivity (Wildman–Crippen MR) is 78.2 cm³/mol. The number of hydrogen-bond donors (Lipinski definition) is 3. The molecule has 0 aromatic heterocycles. The molecule has 0 aliphatic carbocycles. The average Bonchev–Trinajstić information content (AvgIpc) is 2.38. The number of aromatic hydroxyl groups is 1. The Morgan fingerprint density at radius 2 is 1.90 bits per heavy atom. The number of benzene rings is 2. The summed E-state index contributed by atoms with van der Waals surface area (Å²) < 4.78 is 0. The van der Waals surface area contributed by atoms with Crippen LogP contribution in [0.5, 0.6) is 5.75 Å². The maximum atomic E-state index is 11.6. The summed E-state index contributed by atoms with van der Waals surface area (Å²) in [5, 5.41) is 22.5. The van der Waals surface area contributed by atoms with E-state index in [2.05, 4.69) is 5.32 Å². The molecule has 0 fully saturated rings. The van der Waals surface area contributed by atoms with Crippen LogP contribution >= 0.6 is 11.6 Å². The third kappa shape index (κ3) is 2.86. The second-order valence-corrected chi connectivity index (χ2v) is 5.05. The van der Waals surface area contributed by atoms with Crippen LogP contribution in [0, 0.1) is 0 Å². The monoisotopic (exact) mass is 291 g/mol. The van der Waals surface area contributed by atoms with Gasteiger partial charge in [0.05, 0.1) is 0 Å². The minimum atomic E-state index is -1.37. The zero-order chi connectivity index (χ0) is 14.8. The molecular formula is C15H14ClNO3. The number of carboxylic acids is 1. The second-order valence-electron chi connectivity index (χ2n) is 4.62. The van der Waals surface area contributed by atoms with Crippen LogP contribution in [0.15, 0.2) is 48.5 Å². The Balaban J connectivity index is 2.42. The van der Waals surface area contributed by atoms with E-state index in [0.29, 0.717) is 16.3 Å². The molecule has 0 aliphatic rings. The number of halogens is 1. The lowest BCUT2D eigenvalue weighted by Gasteiger charge is -2.28. The maximum Gasteiger partial charge on any atom is 0.333 e. The van der Waals surface area contributed by atoms with Crippen molar-refractivity contribution in [2.75, 3.05) is 5.32 Å². The number of anilines is 1. The number of phenolic OH excluding ortho intramolecular Hbond substituents is 1. The molecule has 104 valence electrons. The van der Waals surface area contributed by atoms with Crippen molar-refractivity contribution in [1.29, 1.82) is 0 Å². The third-order valence-corrected chi connectivity index (χ3v) is 3.31. The highest BCUT2D eigenvalue weighted by Crippen LogP contribution is 2.29. The van der Waals surface area contributed by atoms with Gasteiger partial charge in [-0.1, -0.05) is 29.8 Å². The standard InChI is InChI=1S/C15H14ClNO3/c1-15(14(19)20,10-4-2-7-13(18)8-10)17-12-6-3-5-11(16)9-12/h2-9,17-18H,1H3,(H,19,20). The molecule has 0 bridgehead atoms. The van der Waals surface area contributed by atoms with Crippen LogP contribution in [-0.4, -0.2) is 16.2 Å². The van der Waals surface area contributed by atoms with Gasteiger partial charge in [0.2, 0.25) is 0 Å². The topological polar surface area (TPSA) is 69.6 Å². The van der Waals surface area contributed by atoms with Crippen LogP contribution in [0.2, 0.25) is 5.02 Å². The van der Waals surface area contributed by atoms with E-state index >= 15 is 0 Å². The van der Waals surface area contributed by atoms with Gasteiger partial charge in [0, 0.05) is 10.7 Å². The summed E-state index contributed by atoms with van der Waals surface area (Å²) in [6.45, 7) is 1.53. The Kier molecular flexibility index (Phi) is 3.86. The summed E-state index contributed by atoms with van der Waals surface area (Å²) in [5.74, 6) is -1.04. The normalized spacial score (nSPS) is 13.5. The predicted octanol–water partition coefficient (Wildman–Crippen LogP) is 3.46. The van der Waals surface area contributed by atoms with Crippen LogP contribution in [0.3, 0.4) is 0 Å². The Morgan fingerprint density at radius 3 is 2.50 bits per heavy atom. The Hall–Kier alpha value is -2.20. The van der Waals surface area contributed by atoms with Gasteiger partial charge < -0.3 is 15.5 Å². The summed E-state index contributed by atoms with van der Waals surface area (Å²) in [6.07, 6.45) is 0. The first-order valence-corrected chi connectivity index (χ1v) is 6.36. The minimum Gasteiger partial charge on any atom is -0.508 e. The van der Waals surface area contributed by atoms with E-state index in [1.807, 2.05) is 0 Å². The van der Waals surface area contributed by atoms with Crippen molar-refractivity contribution in [3.63, 3.8) is 0 Å². The molecule has 4 nitrogen and oxygen atoms in total. The second kappa shape index (κ2) is 5.43. The first-order chi connectivity index (χ1) is 9.41. The molecule has 0 amide bonds. The van der Waals surface area contributed by atoms with E-state index in [-0.39, 0.29) is 5.75 Å². The fourth-order valence-corrected chi connectivity index (χ4v) is 2.11. The fraction of sp³-hybridized carbons (Fsp3) is 0.133. The molecule has 0 radical (unpaired) electrons. The molecule has 0 saturated carbocycles. The van der Waals surface area contributed by atoms with Crippen molar-refractivity contribution in [2.24, 2.45) is 0 Å². The molecule has 5 heteroatoms. The molecule has 0 saturated heterocycles. The number of rotatable bonds is 4. The quantitative estimate of drug-likeness (QED) is 0.807. The zero-order valence-corrected chi connectivity index (χ0v) is 11.6. The van der Waals surface area contributed by atoms with Crippen LogP contribution in [0.25, 0.3) is 0 Å². The SMILES string of the molecule is CC(Nc1cccc(Cl)c1)(C(=O)O)c1cccc(O)c1. The van der Waals surface area contributed by atoms with E-state index in [0.717, 1.165) is 0 Å². The number of carboxylic acid groups (broad SMARTS) is 1. The first kappa shape index (κ1) is 14.2. The maximum absolute atomic E-state index is 11.6. The molecule has 0 heterocycles. The van der Waals surface area contributed by atoms with E-state index in [1.165, 1.54) is 19.1 Å². The third-order valence-electron chi connectivity index (χ3n) is 3.07. The van der Waals surface area contributed by atoms with Crippen LogP contribution < -0.4 is 5.32 Å². The highest BCUT2D eigenvalue weighted by molar-refractivity contribution is 6.30. The summed E-state index contributed by atoms with van der Waals surface area (Å²) in [5.41, 5.74) is -0.334. The number of hydrogen-bond acceptors (Lipinski definition) is 3. The van der Waals surface area contributed by atoms with Crippen molar-refractivity contribution in [2.45, 2.75) is 12.5 Å². The van der Waals surface area contributed by atoms with Gasteiger partial charge in [-0.2, -0.15) is 0 Å². The largest absolute Gasteiger partial charge is 0.508 e. The van der Waals surface area contributed by atoms with Gasteiger partial charge in [-0.05, 0) is 42.8 Å². The summed E-state index contributed by atoms with van der Waals surface area (Å²) >= 11 is 5.90. The van der Waals surface area contributed by atoms with Gasteiger partial charge in [0.25, 0.3) is 0 Å². The molecular weight excluding hydrogens is 278 g/mol. The van der Waals surface area contributed by atoms with Crippen molar-refractivity contribution in [3.05, 3.63) is 59.1 Å². The van der Waals surface area contributed by atoms with Gasteiger partial charge in [0.1, 0.15) is 5.75 Å². The molecule has 2 rings (SSSR count). The Morgan fingerprint density at radius 1 is 1.20 bits per heavy atom. The summed E-state index contributed by atoms with van der Waals surface area (Å²) in [4.78, 5) is 11.6. The molecule has 2 aromatic carbocycles. The lowest BCUT2D eigenvalue weighted by molar-refractivity contribution is -0.142. The fourth-order valence-electron chi connectivity index (χ4n) is 1.92. The van der Waals surface area contributed by atoms with Gasteiger partial charge in [-0.15, -0.1) is 0 Å². The van der Waals surface area contributed by atoms with Gasteiger partial charge in [0.15, 0.2) is 5.54 Å². The molecule has 1 atom stereocenters. The van der Waals surface area contributed by atoms with Gasteiger partial charge >= 0.3 is 5.97 Å². The van der Waals surface area contributed by atoms with Crippen molar-refractivity contribution < 1.29 is 15.0 Å². The molecule has 0 spiro atoms. The highest BCUT2D eigenvalue weighted by Gasteiger charge is 2.35. The lowest BCUT2D eigenvalue weighted by Crippen LogP contribution is -2.40. The van der Waals surface area contributed by atoms with Crippen molar-refractivity contribution in [1.82, 2.24) is 0 Å². The van der Waals surface area contributed by atoms with E-state index in [1.54, 1.807) is 36.4 Å². The number of aliphatic carboxylic acids is 1. The first-order valence-electron chi connectivity index (χ1n) is 5.98. The molecule has 2 aromatic rings. The van der Waals surface area contributed by atoms with Crippen LogP contribution in [-0.2, 0) is 10.3 Å². The van der Waals surface area contributed by atoms with Crippen molar-refractivity contribution >= 4 is 23.3 Å². The molecule has 3 N–H and O–H groups in total. The number of phenols is 1. The minimum absolute atomic E-state index is 0.0165. The Labute approximate surface area is 121 Å². The molecule has 1 unspecified atom stereocenters.